The van der Waals surface area contributed by atoms with Crippen LogP contribution in [0.25, 0.3) is 0 Å². The molecule has 2 unspecified atom stereocenters. The number of carboxylic acid groups (broad SMARTS) is 1. The molecule has 1 rings (SSSR count). The summed E-state index contributed by atoms with van der Waals surface area (Å²) in [7, 11) is -0.943. The highest BCUT2D eigenvalue weighted by Gasteiger charge is 2.15. The van der Waals surface area contributed by atoms with E-state index in [0.717, 1.165) is 11.8 Å². The molecule has 1 aromatic rings. The first-order valence-corrected chi connectivity index (χ1v) is 7.14. The van der Waals surface area contributed by atoms with Gasteiger partial charge in [-0.1, -0.05) is 11.8 Å². The third-order valence-electron chi connectivity index (χ3n) is 1.68. The first kappa shape index (κ1) is 13.1. The van der Waals surface area contributed by atoms with E-state index >= 15 is 0 Å². The van der Waals surface area contributed by atoms with Crippen LogP contribution >= 0.6 is 11.8 Å². The quantitative estimate of drug-likeness (QED) is 0.710. The zero-order valence-electron chi connectivity index (χ0n) is 8.86. The lowest BCUT2D eigenvalue weighted by Gasteiger charge is -2.10. The molecule has 0 amide bonds. The Hall–Kier alpha value is -0.960. The van der Waals surface area contributed by atoms with Gasteiger partial charge in [0.1, 0.15) is 0 Å². The van der Waals surface area contributed by atoms with Crippen molar-refractivity contribution < 1.29 is 14.1 Å². The summed E-state index contributed by atoms with van der Waals surface area (Å²) in [6.45, 7) is 1.84. The van der Waals surface area contributed by atoms with Gasteiger partial charge < -0.3 is 5.11 Å². The van der Waals surface area contributed by atoms with Crippen molar-refractivity contribution in [1.29, 1.82) is 0 Å². The number of carbonyl (C=O) groups is 1. The number of hydrogen-bond donors (Lipinski definition) is 1. The molecule has 9 heteroatoms. The SMILES string of the molecule is CC(CS(C)=O)n1nnnc1SCC(=O)O. The van der Waals surface area contributed by atoms with Gasteiger partial charge in [-0.2, -0.15) is 0 Å². The van der Waals surface area contributed by atoms with Crippen LogP contribution in [0.1, 0.15) is 13.0 Å². The first-order valence-electron chi connectivity index (χ1n) is 4.43. The minimum absolute atomic E-state index is 0.0949. The Balaban J connectivity index is 2.69. The number of aliphatic carboxylic acids is 1. The highest BCUT2D eigenvalue weighted by atomic mass is 32.2. The number of nitrogens with zero attached hydrogens (tertiary/aromatic N) is 4. The third kappa shape index (κ3) is 3.89. The van der Waals surface area contributed by atoms with Gasteiger partial charge in [0.05, 0.1) is 11.8 Å². The molecule has 1 heterocycles. The highest BCUT2D eigenvalue weighted by molar-refractivity contribution is 7.99. The minimum Gasteiger partial charge on any atom is -0.481 e. The number of thioether (sulfide) groups is 1. The van der Waals surface area contributed by atoms with Crippen molar-refractivity contribution in [2.45, 2.75) is 18.1 Å². The molecule has 90 valence electrons. The van der Waals surface area contributed by atoms with Crippen molar-refractivity contribution in [3.63, 3.8) is 0 Å². The molecule has 0 aliphatic heterocycles. The minimum atomic E-state index is -0.943. The maximum absolute atomic E-state index is 11.1. The summed E-state index contributed by atoms with van der Waals surface area (Å²) in [6, 6.07) is -0.114. The molecule has 0 fully saturated rings. The molecule has 7 nitrogen and oxygen atoms in total. The highest BCUT2D eigenvalue weighted by Crippen LogP contribution is 2.17. The molecule has 1 N–H and O–H groups in total. The Bertz CT molecular complexity index is 395. The lowest BCUT2D eigenvalue weighted by atomic mass is 10.4. The number of tetrazole rings is 1. The fourth-order valence-corrected chi connectivity index (χ4v) is 2.61. The predicted octanol–water partition coefficient (Wildman–Crippen LogP) is -0.211. The van der Waals surface area contributed by atoms with Crippen molar-refractivity contribution in [3.8, 4) is 0 Å². The molecular weight excluding hydrogens is 252 g/mol. The molecule has 16 heavy (non-hydrogen) atoms. The van der Waals surface area contributed by atoms with Gasteiger partial charge in [0, 0.05) is 22.8 Å². The van der Waals surface area contributed by atoms with Crippen LogP contribution in [0.15, 0.2) is 5.16 Å². The second kappa shape index (κ2) is 5.94. The Labute approximate surface area is 99.1 Å². The number of carboxylic acids is 1. The van der Waals surface area contributed by atoms with Gasteiger partial charge in [0.2, 0.25) is 5.16 Å². The summed E-state index contributed by atoms with van der Waals surface area (Å²) in [4.78, 5) is 10.4. The molecule has 0 radical (unpaired) electrons. The average molecular weight is 264 g/mol. The van der Waals surface area contributed by atoms with Gasteiger partial charge in [-0.05, 0) is 17.4 Å². The Morgan fingerprint density at radius 1 is 1.69 bits per heavy atom. The van der Waals surface area contributed by atoms with Crippen LogP contribution in [0.2, 0.25) is 0 Å². The average Bonchev–Trinajstić information content (AvgIpc) is 2.61. The molecule has 2 atom stereocenters. The second-order valence-corrected chi connectivity index (χ2v) is 5.60. The van der Waals surface area contributed by atoms with Gasteiger partial charge in [0.15, 0.2) is 0 Å². The summed E-state index contributed by atoms with van der Waals surface area (Å²) in [5.41, 5.74) is 0. The first-order chi connectivity index (χ1) is 7.50. The molecule has 0 aliphatic rings. The molecule has 0 bridgehead atoms. The van der Waals surface area contributed by atoms with E-state index in [1.807, 2.05) is 6.92 Å². The lowest BCUT2D eigenvalue weighted by Crippen LogP contribution is -2.15. The lowest BCUT2D eigenvalue weighted by molar-refractivity contribution is -0.133. The van der Waals surface area contributed by atoms with E-state index in [9.17, 15) is 9.00 Å². The van der Waals surface area contributed by atoms with Gasteiger partial charge in [-0.25, -0.2) is 4.68 Å². The van der Waals surface area contributed by atoms with E-state index in [4.69, 9.17) is 5.11 Å². The summed E-state index contributed by atoms with van der Waals surface area (Å²) in [5.74, 6) is -0.584. The Morgan fingerprint density at radius 2 is 2.38 bits per heavy atom. The maximum atomic E-state index is 11.1. The van der Waals surface area contributed by atoms with Crippen LogP contribution in [0.4, 0.5) is 0 Å². The van der Waals surface area contributed by atoms with Gasteiger partial charge in [0.25, 0.3) is 0 Å². The van der Waals surface area contributed by atoms with Crippen molar-refractivity contribution in [1.82, 2.24) is 20.2 Å². The molecule has 0 saturated carbocycles. The fourth-order valence-electron chi connectivity index (χ4n) is 1.09. The second-order valence-electron chi connectivity index (χ2n) is 3.18. The number of rotatable bonds is 6. The van der Waals surface area contributed by atoms with E-state index in [2.05, 4.69) is 15.5 Å². The van der Waals surface area contributed by atoms with Gasteiger partial charge >= 0.3 is 5.97 Å². The fraction of sp³-hybridized carbons (Fsp3) is 0.714. The number of aromatic nitrogens is 4. The van der Waals surface area contributed by atoms with Crippen LogP contribution < -0.4 is 0 Å². The summed E-state index contributed by atoms with van der Waals surface area (Å²) in [6.07, 6.45) is 1.60. The Morgan fingerprint density at radius 3 is 2.94 bits per heavy atom. The smallest absolute Gasteiger partial charge is 0.313 e. The zero-order valence-corrected chi connectivity index (χ0v) is 10.5. The van der Waals surface area contributed by atoms with E-state index in [1.165, 1.54) is 4.68 Å². The normalized spacial score (nSPS) is 14.6. The molecular formula is C7H12N4O3S2. The standard InChI is InChI=1S/C7H12N4O3S2/c1-5(4-16(2)14)11-7(8-9-10-11)15-3-6(12)13/h5H,3-4H2,1-2H3,(H,12,13). The monoisotopic (exact) mass is 264 g/mol. The van der Waals surface area contributed by atoms with Crippen LogP contribution in [0, 0.1) is 0 Å². The van der Waals surface area contributed by atoms with Crippen molar-refractivity contribution in [2.75, 3.05) is 17.8 Å². The zero-order chi connectivity index (χ0) is 12.1. The van der Waals surface area contributed by atoms with E-state index < -0.39 is 16.8 Å². The van der Waals surface area contributed by atoms with Crippen molar-refractivity contribution in [2.24, 2.45) is 0 Å². The summed E-state index contributed by atoms with van der Waals surface area (Å²) in [5, 5.41) is 19.9. The maximum Gasteiger partial charge on any atom is 0.313 e. The molecule has 0 aliphatic carbocycles. The Kier molecular flexibility index (Phi) is 4.87. The summed E-state index contributed by atoms with van der Waals surface area (Å²) < 4.78 is 12.6. The van der Waals surface area contributed by atoms with Crippen LogP contribution in [0.3, 0.4) is 0 Å². The molecule has 0 aromatic carbocycles. The van der Waals surface area contributed by atoms with Gasteiger partial charge in [-0.3, -0.25) is 9.00 Å². The third-order valence-corrected chi connectivity index (χ3v) is 3.55. The topological polar surface area (TPSA) is 98.0 Å². The van der Waals surface area contributed by atoms with E-state index in [0.29, 0.717) is 10.9 Å². The van der Waals surface area contributed by atoms with Gasteiger partial charge in [-0.15, -0.1) is 5.10 Å². The summed E-state index contributed by atoms with van der Waals surface area (Å²) >= 11 is 1.05. The van der Waals surface area contributed by atoms with Crippen LogP contribution in [-0.2, 0) is 15.6 Å². The van der Waals surface area contributed by atoms with Crippen molar-refractivity contribution >= 4 is 28.5 Å². The van der Waals surface area contributed by atoms with E-state index in [1.54, 1.807) is 6.26 Å². The molecule has 1 aromatic heterocycles. The van der Waals surface area contributed by atoms with Crippen LogP contribution in [-0.4, -0.2) is 53.3 Å². The van der Waals surface area contributed by atoms with E-state index in [-0.39, 0.29) is 11.8 Å². The molecule has 0 saturated heterocycles. The largest absolute Gasteiger partial charge is 0.481 e. The van der Waals surface area contributed by atoms with Crippen molar-refractivity contribution in [3.05, 3.63) is 0 Å². The van der Waals surface area contributed by atoms with Crippen LogP contribution in [0.5, 0.6) is 0 Å². The predicted molar refractivity (Wildman–Crippen MR) is 59.8 cm³/mol. The number of hydrogen-bond acceptors (Lipinski definition) is 6. The molecule has 0 spiro atoms.